The Kier molecular flexibility index (Phi) is 3.17. The van der Waals surface area contributed by atoms with E-state index in [0.717, 1.165) is 30.6 Å². The van der Waals surface area contributed by atoms with Crippen LogP contribution in [0.15, 0.2) is 0 Å². The van der Waals surface area contributed by atoms with Crippen molar-refractivity contribution in [3.8, 4) is 0 Å². The second-order valence-electron chi connectivity index (χ2n) is 6.31. The highest BCUT2D eigenvalue weighted by Crippen LogP contribution is 2.39. The summed E-state index contributed by atoms with van der Waals surface area (Å²) < 4.78 is 0. The van der Waals surface area contributed by atoms with E-state index in [-0.39, 0.29) is 11.5 Å². The summed E-state index contributed by atoms with van der Waals surface area (Å²) in [6.07, 6.45) is 3.60. The lowest BCUT2D eigenvalue weighted by Gasteiger charge is -2.38. The second kappa shape index (κ2) is 4.37. The largest absolute Gasteiger partial charge is 0.331 e. The molecule has 1 N–H and O–H groups in total. The third-order valence-corrected chi connectivity index (χ3v) is 4.14. The van der Waals surface area contributed by atoms with Crippen LogP contribution < -0.4 is 5.32 Å². The number of hydrogen-bond donors (Lipinski definition) is 1. The molecule has 2 rings (SSSR count). The van der Waals surface area contributed by atoms with Crippen LogP contribution in [-0.2, 0) is 9.59 Å². The quantitative estimate of drug-likeness (QED) is 0.570. The van der Waals surface area contributed by atoms with Crippen molar-refractivity contribution < 1.29 is 14.4 Å². The van der Waals surface area contributed by atoms with E-state index in [2.05, 4.69) is 26.1 Å². The molecule has 0 aromatic heterocycles. The van der Waals surface area contributed by atoms with Crippen LogP contribution in [0.3, 0.4) is 0 Å². The molecule has 5 nitrogen and oxygen atoms in total. The summed E-state index contributed by atoms with van der Waals surface area (Å²) in [7, 11) is 0. The molecule has 4 amide bonds. The highest BCUT2D eigenvalue weighted by Gasteiger charge is 2.43. The molecule has 2 fully saturated rings. The minimum atomic E-state index is -0.794. The molecular formula is C13H20N2O3. The van der Waals surface area contributed by atoms with Crippen LogP contribution in [-0.4, -0.2) is 28.8 Å². The molecule has 1 aliphatic carbocycles. The highest BCUT2D eigenvalue weighted by molar-refractivity contribution is 6.44. The van der Waals surface area contributed by atoms with Crippen LogP contribution in [0, 0.1) is 11.3 Å². The summed E-state index contributed by atoms with van der Waals surface area (Å²) in [5.41, 5.74) is 0.262. The summed E-state index contributed by atoms with van der Waals surface area (Å²) in [6.45, 7) is 6.65. The summed E-state index contributed by atoms with van der Waals surface area (Å²) in [4.78, 5) is 35.4. The molecule has 0 atom stereocenters. The first-order chi connectivity index (χ1) is 8.30. The van der Waals surface area contributed by atoms with Crippen molar-refractivity contribution in [1.29, 1.82) is 0 Å². The molecule has 1 aliphatic heterocycles. The predicted octanol–water partition coefficient (Wildman–Crippen LogP) is 1.67. The van der Waals surface area contributed by atoms with Crippen LogP contribution >= 0.6 is 0 Å². The number of imide groups is 2. The molecule has 0 bridgehead atoms. The third-order valence-electron chi connectivity index (χ3n) is 4.14. The standard InChI is InChI=1S/C13H20N2O3/c1-13(2,3)8-4-6-9(7-5-8)15-11(17)10(16)14-12(15)18/h8-9H,4-7H2,1-3H3,(H,14,16,18). The number of amides is 4. The van der Waals surface area contributed by atoms with E-state index in [4.69, 9.17) is 0 Å². The van der Waals surface area contributed by atoms with Gasteiger partial charge in [0.05, 0.1) is 0 Å². The molecule has 0 aromatic carbocycles. The number of carbonyl (C=O) groups is 3. The van der Waals surface area contributed by atoms with Gasteiger partial charge in [0.15, 0.2) is 0 Å². The topological polar surface area (TPSA) is 66.5 Å². The zero-order chi connectivity index (χ0) is 13.5. The molecule has 18 heavy (non-hydrogen) atoms. The summed E-state index contributed by atoms with van der Waals surface area (Å²) in [5.74, 6) is -0.873. The summed E-state index contributed by atoms with van der Waals surface area (Å²) >= 11 is 0. The Morgan fingerprint density at radius 3 is 2.00 bits per heavy atom. The number of carbonyl (C=O) groups excluding carboxylic acids is 3. The molecule has 1 saturated heterocycles. The van der Waals surface area contributed by atoms with Crippen molar-refractivity contribution in [1.82, 2.24) is 10.2 Å². The Balaban J connectivity index is 2.00. The Hall–Kier alpha value is -1.39. The number of nitrogens with zero attached hydrogens (tertiary/aromatic N) is 1. The van der Waals surface area contributed by atoms with Gasteiger partial charge in [-0.15, -0.1) is 0 Å². The minimum Gasteiger partial charge on any atom is -0.269 e. The third kappa shape index (κ3) is 2.26. The molecule has 2 aliphatic rings. The average Bonchev–Trinajstić information content (AvgIpc) is 2.52. The van der Waals surface area contributed by atoms with E-state index in [1.807, 2.05) is 0 Å². The Morgan fingerprint density at radius 2 is 1.61 bits per heavy atom. The SMILES string of the molecule is CC(C)(C)C1CCC(N2C(=O)NC(=O)C2=O)CC1. The highest BCUT2D eigenvalue weighted by atomic mass is 16.2. The molecule has 0 unspecified atom stereocenters. The van der Waals surface area contributed by atoms with Gasteiger partial charge in [0.25, 0.3) is 0 Å². The van der Waals surface area contributed by atoms with Gasteiger partial charge in [-0.3, -0.25) is 19.8 Å². The van der Waals surface area contributed by atoms with E-state index in [1.165, 1.54) is 0 Å². The first-order valence-corrected chi connectivity index (χ1v) is 6.49. The number of hydrogen-bond acceptors (Lipinski definition) is 3. The van der Waals surface area contributed by atoms with Gasteiger partial charge in [0.2, 0.25) is 0 Å². The van der Waals surface area contributed by atoms with Gasteiger partial charge >= 0.3 is 17.8 Å². The normalized spacial score (nSPS) is 29.7. The van der Waals surface area contributed by atoms with E-state index < -0.39 is 17.8 Å². The number of nitrogens with one attached hydrogen (secondary N) is 1. The van der Waals surface area contributed by atoms with Gasteiger partial charge < -0.3 is 0 Å². The van der Waals surface area contributed by atoms with Crippen LogP contribution in [0.25, 0.3) is 0 Å². The maximum absolute atomic E-state index is 11.6. The van der Waals surface area contributed by atoms with Crippen molar-refractivity contribution in [2.24, 2.45) is 11.3 Å². The van der Waals surface area contributed by atoms with E-state index in [1.54, 1.807) is 0 Å². The van der Waals surface area contributed by atoms with Crippen molar-refractivity contribution >= 4 is 17.8 Å². The number of urea groups is 1. The first-order valence-electron chi connectivity index (χ1n) is 6.49. The van der Waals surface area contributed by atoms with Crippen LogP contribution in [0.5, 0.6) is 0 Å². The maximum atomic E-state index is 11.6. The maximum Gasteiger partial charge on any atom is 0.331 e. The molecule has 0 radical (unpaired) electrons. The summed E-state index contributed by atoms with van der Waals surface area (Å²) in [6, 6.07) is -0.660. The Bertz CT molecular complexity index is 390. The fourth-order valence-electron chi connectivity index (χ4n) is 2.94. The molecule has 1 saturated carbocycles. The van der Waals surface area contributed by atoms with Crippen molar-refractivity contribution in [3.05, 3.63) is 0 Å². The smallest absolute Gasteiger partial charge is 0.269 e. The van der Waals surface area contributed by atoms with E-state index in [0.29, 0.717) is 5.92 Å². The van der Waals surface area contributed by atoms with Gasteiger partial charge in [-0.1, -0.05) is 20.8 Å². The average molecular weight is 252 g/mol. The van der Waals surface area contributed by atoms with Crippen LogP contribution in [0.4, 0.5) is 4.79 Å². The van der Waals surface area contributed by atoms with Crippen molar-refractivity contribution in [2.45, 2.75) is 52.5 Å². The molecule has 5 heteroatoms. The monoisotopic (exact) mass is 252 g/mol. The molecular weight excluding hydrogens is 232 g/mol. The van der Waals surface area contributed by atoms with Crippen molar-refractivity contribution in [3.63, 3.8) is 0 Å². The molecule has 1 heterocycles. The fraction of sp³-hybridized carbons (Fsp3) is 0.769. The van der Waals surface area contributed by atoms with Gasteiger partial charge in [0, 0.05) is 6.04 Å². The lowest BCUT2D eigenvalue weighted by atomic mass is 9.71. The molecule has 0 aromatic rings. The van der Waals surface area contributed by atoms with Gasteiger partial charge in [-0.25, -0.2) is 4.79 Å². The fourth-order valence-corrected chi connectivity index (χ4v) is 2.94. The zero-order valence-electron chi connectivity index (χ0n) is 11.2. The first kappa shape index (κ1) is 13.1. The summed E-state index contributed by atoms with van der Waals surface area (Å²) in [5, 5.41) is 2.05. The number of rotatable bonds is 1. The molecule has 100 valence electrons. The van der Waals surface area contributed by atoms with E-state index in [9.17, 15) is 14.4 Å². The predicted molar refractivity (Wildman–Crippen MR) is 65.6 cm³/mol. The van der Waals surface area contributed by atoms with Gasteiger partial charge in [-0.2, -0.15) is 0 Å². The van der Waals surface area contributed by atoms with Crippen LogP contribution in [0.2, 0.25) is 0 Å². The Morgan fingerprint density at radius 1 is 1.06 bits per heavy atom. The lowest BCUT2D eigenvalue weighted by Crippen LogP contribution is -2.43. The van der Waals surface area contributed by atoms with Crippen LogP contribution in [0.1, 0.15) is 46.5 Å². The zero-order valence-corrected chi connectivity index (χ0v) is 11.2. The second-order valence-corrected chi connectivity index (χ2v) is 6.31. The Labute approximate surface area is 107 Å². The van der Waals surface area contributed by atoms with Gasteiger partial charge in [0.1, 0.15) is 0 Å². The lowest BCUT2D eigenvalue weighted by molar-refractivity contribution is -0.141. The van der Waals surface area contributed by atoms with Crippen molar-refractivity contribution in [2.75, 3.05) is 0 Å². The van der Waals surface area contributed by atoms with Gasteiger partial charge in [-0.05, 0) is 37.0 Å². The minimum absolute atomic E-state index is 0.109. The molecule has 0 spiro atoms. The van der Waals surface area contributed by atoms with E-state index >= 15 is 0 Å².